The molecule has 2 aromatic rings. The Hall–Kier alpha value is -1.34. The van der Waals surface area contributed by atoms with Crippen molar-refractivity contribution in [2.24, 2.45) is 0 Å². The summed E-state index contributed by atoms with van der Waals surface area (Å²) in [6, 6.07) is 14.8. The molecule has 0 radical (unpaired) electrons. The number of rotatable bonds is 3. The minimum atomic E-state index is 1.03. The van der Waals surface area contributed by atoms with E-state index in [0.717, 1.165) is 6.42 Å². The van der Waals surface area contributed by atoms with Crippen LogP contribution < -0.4 is 0 Å². The van der Waals surface area contributed by atoms with Crippen LogP contribution in [-0.2, 0) is 6.42 Å². The SMILES string of the molecule is C=Cc1ccc(Cc2ccccc2)s1. The summed E-state index contributed by atoms with van der Waals surface area (Å²) in [5.74, 6) is 0. The van der Waals surface area contributed by atoms with Gasteiger partial charge in [0, 0.05) is 16.2 Å². The van der Waals surface area contributed by atoms with Crippen molar-refractivity contribution in [2.45, 2.75) is 6.42 Å². The highest BCUT2D eigenvalue weighted by Crippen LogP contribution is 2.20. The Morgan fingerprint density at radius 1 is 1.07 bits per heavy atom. The number of benzene rings is 1. The first kappa shape index (κ1) is 9.22. The maximum atomic E-state index is 3.76. The van der Waals surface area contributed by atoms with Crippen LogP contribution in [-0.4, -0.2) is 0 Å². The minimum absolute atomic E-state index is 1.03. The van der Waals surface area contributed by atoms with Crippen LogP contribution in [0.2, 0.25) is 0 Å². The molecule has 0 fully saturated rings. The zero-order valence-electron chi connectivity index (χ0n) is 7.94. The predicted molar refractivity (Wildman–Crippen MR) is 63.7 cm³/mol. The first-order valence-electron chi connectivity index (χ1n) is 4.63. The molecule has 0 spiro atoms. The molecular formula is C13H12S. The van der Waals surface area contributed by atoms with Crippen LogP contribution in [0.25, 0.3) is 6.08 Å². The van der Waals surface area contributed by atoms with Gasteiger partial charge in [0.25, 0.3) is 0 Å². The van der Waals surface area contributed by atoms with Crippen LogP contribution in [0.3, 0.4) is 0 Å². The maximum Gasteiger partial charge on any atom is 0.0267 e. The molecule has 1 aromatic carbocycles. The van der Waals surface area contributed by atoms with Crippen molar-refractivity contribution in [3.63, 3.8) is 0 Å². The van der Waals surface area contributed by atoms with E-state index in [1.54, 1.807) is 0 Å². The third-order valence-electron chi connectivity index (χ3n) is 2.10. The van der Waals surface area contributed by atoms with Gasteiger partial charge < -0.3 is 0 Å². The molecule has 70 valence electrons. The zero-order valence-corrected chi connectivity index (χ0v) is 8.76. The third-order valence-corrected chi connectivity index (χ3v) is 3.19. The van der Waals surface area contributed by atoms with E-state index in [4.69, 9.17) is 0 Å². The molecule has 1 heteroatoms. The predicted octanol–water partition coefficient (Wildman–Crippen LogP) is 3.98. The monoisotopic (exact) mass is 200 g/mol. The molecule has 1 aromatic heterocycles. The second kappa shape index (κ2) is 4.25. The van der Waals surface area contributed by atoms with Gasteiger partial charge in [-0.3, -0.25) is 0 Å². The van der Waals surface area contributed by atoms with E-state index < -0.39 is 0 Å². The molecule has 0 atom stereocenters. The lowest BCUT2D eigenvalue weighted by molar-refractivity contribution is 1.24. The quantitative estimate of drug-likeness (QED) is 0.703. The molecule has 0 amide bonds. The number of hydrogen-bond donors (Lipinski definition) is 0. The third kappa shape index (κ3) is 2.12. The highest BCUT2D eigenvalue weighted by atomic mass is 32.1. The molecule has 0 aliphatic carbocycles. The molecule has 14 heavy (non-hydrogen) atoms. The van der Waals surface area contributed by atoms with Crippen molar-refractivity contribution in [1.82, 2.24) is 0 Å². The molecule has 0 aliphatic heterocycles. The molecule has 0 aliphatic rings. The average molecular weight is 200 g/mol. The van der Waals surface area contributed by atoms with E-state index in [1.165, 1.54) is 15.3 Å². The number of thiophene rings is 1. The molecule has 0 saturated carbocycles. The largest absolute Gasteiger partial charge is 0.141 e. The van der Waals surface area contributed by atoms with Crippen LogP contribution >= 0.6 is 11.3 Å². The van der Waals surface area contributed by atoms with E-state index in [9.17, 15) is 0 Å². The zero-order chi connectivity index (χ0) is 9.80. The summed E-state index contributed by atoms with van der Waals surface area (Å²) in [5.41, 5.74) is 1.37. The van der Waals surface area contributed by atoms with Gasteiger partial charge in [-0.15, -0.1) is 11.3 Å². The molecule has 0 bridgehead atoms. The van der Waals surface area contributed by atoms with Crippen molar-refractivity contribution in [1.29, 1.82) is 0 Å². The fourth-order valence-corrected chi connectivity index (χ4v) is 2.29. The summed E-state index contributed by atoms with van der Waals surface area (Å²) in [6.45, 7) is 3.76. The standard InChI is InChI=1S/C13H12S/c1-2-12-8-9-13(14-12)10-11-6-4-3-5-7-11/h2-9H,1,10H2. The van der Waals surface area contributed by atoms with E-state index in [-0.39, 0.29) is 0 Å². The summed E-state index contributed by atoms with van der Waals surface area (Å²) in [6.07, 6.45) is 2.93. The van der Waals surface area contributed by atoms with Gasteiger partial charge in [-0.2, -0.15) is 0 Å². The van der Waals surface area contributed by atoms with Gasteiger partial charge in [-0.1, -0.05) is 43.0 Å². The Morgan fingerprint density at radius 2 is 1.86 bits per heavy atom. The highest BCUT2D eigenvalue weighted by Gasteiger charge is 1.98. The molecule has 0 nitrogen and oxygen atoms in total. The number of hydrogen-bond acceptors (Lipinski definition) is 1. The lowest BCUT2D eigenvalue weighted by Gasteiger charge is -1.96. The van der Waals surface area contributed by atoms with Crippen molar-refractivity contribution in [2.75, 3.05) is 0 Å². The summed E-state index contributed by atoms with van der Waals surface area (Å²) >= 11 is 1.81. The molecule has 2 rings (SSSR count). The second-order valence-electron chi connectivity index (χ2n) is 3.17. The van der Waals surface area contributed by atoms with E-state index >= 15 is 0 Å². The summed E-state index contributed by atoms with van der Waals surface area (Å²) in [7, 11) is 0. The maximum absolute atomic E-state index is 3.76. The Labute approximate surface area is 88.5 Å². The lowest BCUT2D eigenvalue weighted by Crippen LogP contribution is -1.81. The first-order chi connectivity index (χ1) is 6.88. The van der Waals surface area contributed by atoms with Crippen LogP contribution in [0.15, 0.2) is 49.0 Å². The van der Waals surface area contributed by atoms with Crippen molar-refractivity contribution in [3.8, 4) is 0 Å². The van der Waals surface area contributed by atoms with E-state index in [2.05, 4.69) is 43.0 Å². The Bertz CT molecular complexity index is 412. The average Bonchev–Trinajstić information content (AvgIpc) is 2.67. The fraction of sp³-hybridized carbons (Fsp3) is 0.0769. The van der Waals surface area contributed by atoms with Crippen molar-refractivity contribution < 1.29 is 0 Å². The second-order valence-corrected chi connectivity index (χ2v) is 4.37. The fourth-order valence-electron chi connectivity index (χ4n) is 1.40. The van der Waals surface area contributed by atoms with Gasteiger partial charge >= 0.3 is 0 Å². The topological polar surface area (TPSA) is 0 Å². The van der Waals surface area contributed by atoms with Gasteiger partial charge in [-0.25, -0.2) is 0 Å². The van der Waals surface area contributed by atoms with E-state index in [0.29, 0.717) is 0 Å². The van der Waals surface area contributed by atoms with Crippen LogP contribution in [0, 0.1) is 0 Å². The molecule has 0 saturated heterocycles. The molecule has 0 unspecified atom stereocenters. The van der Waals surface area contributed by atoms with Gasteiger partial charge in [0.1, 0.15) is 0 Å². The molecule has 1 heterocycles. The molecule has 0 N–H and O–H groups in total. The normalized spacial score (nSPS) is 10.0. The Kier molecular flexibility index (Phi) is 2.80. The van der Waals surface area contributed by atoms with Gasteiger partial charge in [0.05, 0.1) is 0 Å². The minimum Gasteiger partial charge on any atom is -0.141 e. The Morgan fingerprint density at radius 3 is 2.50 bits per heavy atom. The highest BCUT2D eigenvalue weighted by molar-refractivity contribution is 7.12. The summed E-state index contributed by atoms with van der Waals surface area (Å²) in [4.78, 5) is 2.64. The summed E-state index contributed by atoms with van der Waals surface area (Å²) < 4.78 is 0. The van der Waals surface area contributed by atoms with Gasteiger partial charge in [-0.05, 0) is 17.7 Å². The van der Waals surface area contributed by atoms with Crippen LogP contribution in [0.1, 0.15) is 15.3 Å². The smallest absolute Gasteiger partial charge is 0.0267 e. The van der Waals surface area contributed by atoms with Crippen LogP contribution in [0.4, 0.5) is 0 Å². The molecular weight excluding hydrogens is 188 g/mol. The first-order valence-corrected chi connectivity index (χ1v) is 5.45. The summed E-state index contributed by atoms with van der Waals surface area (Å²) in [5, 5.41) is 0. The lowest BCUT2D eigenvalue weighted by atomic mass is 10.1. The van der Waals surface area contributed by atoms with Crippen molar-refractivity contribution in [3.05, 3.63) is 64.4 Å². The van der Waals surface area contributed by atoms with Gasteiger partial charge in [0.15, 0.2) is 0 Å². The van der Waals surface area contributed by atoms with E-state index in [1.807, 2.05) is 23.5 Å². The Balaban J connectivity index is 2.15. The van der Waals surface area contributed by atoms with Crippen molar-refractivity contribution >= 4 is 17.4 Å². The van der Waals surface area contributed by atoms with Crippen LogP contribution in [0.5, 0.6) is 0 Å². The van der Waals surface area contributed by atoms with Gasteiger partial charge in [0.2, 0.25) is 0 Å².